The summed E-state index contributed by atoms with van der Waals surface area (Å²) >= 11 is 0. The molecule has 1 aromatic carbocycles. The number of aromatic amines is 1. The molecular formula is C19H26BN3O2. The van der Waals surface area contributed by atoms with Crippen LogP contribution in [0, 0.1) is 0 Å². The van der Waals surface area contributed by atoms with Crippen molar-refractivity contribution in [1.29, 1.82) is 0 Å². The van der Waals surface area contributed by atoms with Crippen molar-refractivity contribution < 1.29 is 9.31 Å². The second-order valence-electron chi connectivity index (χ2n) is 8.04. The fourth-order valence-corrected chi connectivity index (χ4v) is 3.38. The molecule has 3 heterocycles. The average molecular weight is 339 g/mol. The van der Waals surface area contributed by atoms with Crippen LogP contribution in [0.2, 0.25) is 0 Å². The van der Waals surface area contributed by atoms with Crippen LogP contribution in [0.4, 0.5) is 0 Å². The first-order valence-corrected chi connectivity index (χ1v) is 9.10. The van der Waals surface area contributed by atoms with Crippen LogP contribution >= 0.6 is 0 Å². The highest BCUT2D eigenvalue weighted by Gasteiger charge is 2.51. The summed E-state index contributed by atoms with van der Waals surface area (Å²) in [5.41, 5.74) is 2.58. The SMILES string of the molecule is CC1(C)OB(c2ccc(-c3cnc([C@H]4CCCN4)[nH]3)cc2)OC1(C)C. The summed E-state index contributed by atoms with van der Waals surface area (Å²) in [5, 5.41) is 3.47. The lowest BCUT2D eigenvalue weighted by Crippen LogP contribution is -2.41. The zero-order valence-corrected chi connectivity index (χ0v) is 15.4. The van der Waals surface area contributed by atoms with Crippen LogP contribution in [-0.4, -0.2) is 34.8 Å². The Morgan fingerprint density at radius 3 is 2.36 bits per heavy atom. The normalized spacial score (nSPS) is 24.8. The van der Waals surface area contributed by atoms with Gasteiger partial charge < -0.3 is 19.6 Å². The van der Waals surface area contributed by atoms with Crippen LogP contribution in [0.3, 0.4) is 0 Å². The highest BCUT2D eigenvalue weighted by molar-refractivity contribution is 6.62. The largest absolute Gasteiger partial charge is 0.494 e. The zero-order chi connectivity index (χ0) is 17.7. The Bertz CT molecular complexity index is 732. The predicted molar refractivity (Wildman–Crippen MR) is 99.7 cm³/mol. The Morgan fingerprint density at radius 2 is 1.76 bits per heavy atom. The van der Waals surface area contributed by atoms with E-state index in [1.165, 1.54) is 6.42 Å². The van der Waals surface area contributed by atoms with E-state index in [0.717, 1.165) is 35.5 Å². The number of rotatable bonds is 3. The molecule has 132 valence electrons. The van der Waals surface area contributed by atoms with Gasteiger partial charge in [-0.1, -0.05) is 24.3 Å². The lowest BCUT2D eigenvalue weighted by Gasteiger charge is -2.32. The molecule has 25 heavy (non-hydrogen) atoms. The number of nitrogens with zero attached hydrogens (tertiary/aromatic N) is 1. The second kappa shape index (κ2) is 5.97. The number of hydrogen-bond donors (Lipinski definition) is 2. The van der Waals surface area contributed by atoms with Crippen LogP contribution in [0.25, 0.3) is 11.3 Å². The molecule has 0 amide bonds. The van der Waals surface area contributed by atoms with Gasteiger partial charge in [0, 0.05) is 0 Å². The number of benzene rings is 1. The van der Waals surface area contributed by atoms with E-state index in [4.69, 9.17) is 9.31 Å². The molecule has 2 saturated heterocycles. The molecule has 0 aliphatic carbocycles. The molecule has 2 aliphatic rings. The number of nitrogens with one attached hydrogen (secondary N) is 2. The summed E-state index contributed by atoms with van der Waals surface area (Å²) in [4.78, 5) is 8.00. The molecule has 0 spiro atoms. The number of imidazole rings is 1. The van der Waals surface area contributed by atoms with Gasteiger partial charge in [-0.3, -0.25) is 0 Å². The lowest BCUT2D eigenvalue weighted by molar-refractivity contribution is 0.00578. The third-order valence-corrected chi connectivity index (χ3v) is 5.73. The summed E-state index contributed by atoms with van der Waals surface area (Å²) in [6.45, 7) is 9.37. The summed E-state index contributed by atoms with van der Waals surface area (Å²) in [6.07, 6.45) is 4.27. The molecule has 2 aromatic rings. The monoisotopic (exact) mass is 339 g/mol. The first kappa shape index (κ1) is 16.8. The van der Waals surface area contributed by atoms with E-state index in [1.54, 1.807) is 0 Å². The first-order chi connectivity index (χ1) is 11.9. The van der Waals surface area contributed by atoms with Crippen molar-refractivity contribution in [3.63, 3.8) is 0 Å². The average Bonchev–Trinajstić information content (AvgIpc) is 3.28. The first-order valence-electron chi connectivity index (χ1n) is 9.10. The maximum absolute atomic E-state index is 6.12. The summed E-state index contributed by atoms with van der Waals surface area (Å²) < 4.78 is 12.2. The molecule has 4 rings (SSSR count). The van der Waals surface area contributed by atoms with Crippen molar-refractivity contribution in [2.24, 2.45) is 0 Å². The van der Waals surface area contributed by atoms with Crippen LogP contribution in [0.15, 0.2) is 30.5 Å². The molecule has 6 heteroatoms. The lowest BCUT2D eigenvalue weighted by atomic mass is 9.79. The van der Waals surface area contributed by atoms with Gasteiger partial charge in [0.25, 0.3) is 0 Å². The zero-order valence-electron chi connectivity index (χ0n) is 15.4. The van der Waals surface area contributed by atoms with Gasteiger partial charge in [0.15, 0.2) is 0 Å². The van der Waals surface area contributed by atoms with Crippen LogP contribution in [0.1, 0.15) is 52.4 Å². The van der Waals surface area contributed by atoms with E-state index in [2.05, 4.69) is 67.2 Å². The standard InChI is InChI=1S/C19H26BN3O2/c1-18(2)19(3,4)25-20(24-18)14-9-7-13(8-10-14)16-12-22-17(23-16)15-6-5-11-21-15/h7-10,12,15,21H,5-6,11H2,1-4H3,(H,22,23)/t15-/m1/s1. The van der Waals surface area contributed by atoms with E-state index in [9.17, 15) is 0 Å². The molecule has 0 unspecified atom stereocenters. The Labute approximate surface area is 149 Å². The van der Waals surface area contributed by atoms with Gasteiger partial charge in [0.1, 0.15) is 5.82 Å². The van der Waals surface area contributed by atoms with Crippen LogP contribution in [0.5, 0.6) is 0 Å². The fourth-order valence-electron chi connectivity index (χ4n) is 3.38. The summed E-state index contributed by atoms with van der Waals surface area (Å²) in [7, 11) is -0.320. The predicted octanol–water partition coefficient (Wildman–Crippen LogP) is 2.80. The molecule has 2 aliphatic heterocycles. The van der Waals surface area contributed by atoms with E-state index in [0.29, 0.717) is 6.04 Å². The van der Waals surface area contributed by atoms with E-state index in [-0.39, 0.29) is 18.3 Å². The van der Waals surface area contributed by atoms with Gasteiger partial charge >= 0.3 is 7.12 Å². The van der Waals surface area contributed by atoms with Crippen molar-refractivity contribution in [3.05, 3.63) is 36.3 Å². The Hall–Kier alpha value is -1.63. The minimum absolute atomic E-state index is 0.317. The van der Waals surface area contributed by atoms with Crippen molar-refractivity contribution >= 4 is 12.6 Å². The van der Waals surface area contributed by atoms with Gasteiger partial charge in [-0.25, -0.2) is 4.98 Å². The molecular weight excluding hydrogens is 313 g/mol. The van der Waals surface area contributed by atoms with Crippen LogP contribution in [-0.2, 0) is 9.31 Å². The molecule has 2 N–H and O–H groups in total. The maximum atomic E-state index is 6.12. The van der Waals surface area contributed by atoms with Gasteiger partial charge in [0.2, 0.25) is 0 Å². The van der Waals surface area contributed by atoms with Gasteiger partial charge in [0.05, 0.1) is 29.1 Å². The molecule has 5 nitrogen and oxygen atoms in total. The summed E-state index contributed by atoms with van der Waals surface area (Å²) in [5.74, 6) is 1.03. The topological polar surface area (TPSA) is 59.2 Å². The van der Waals surface area contributed by atoms with Crippen molar-refractivity contribution in [1.82, 2.24) is 15.3 Å². The maximum Gasteiger partial charge on any atom is 0.494 e. The van der Waals surface area contributed by atoms with Gasteiger partial charge in [-0.15, -0.1) is 0 Å². The van der Waals surface area contributed by atoms with E-state index in [1.807, 2.05) is 6.20 Å². The third kappa shape index (κ3) is 3.03. The Balaban J connectivity index is 1.51. The number of aromatic nitrogens is 2. The number of H-pyrrole nitrogens is 1. The van der Waals surface area contributed by atoms with Gasteiger partial charge in [-0.2, -0.15) is 0 Å². The van der Waals surface area contributed by atoms with E-state index < -0.39 is 0 Å². The minimum atomic E-state index is -0.320. The molecule has 1 aromatic heterocycles. The molecule has 0 radical (unpaired) electrons. The highest BCUT2D eigenvalue weighted by atomic mass is 16.7. The second-order valence-corrected chi connectivity index (χ2v) is 8.04. The smallest absolute Gasteiger partial charge is 0.399 e. The minimum Gasteiger partial charge on any atom is -0.399 e. The Morgan fingerprint density at radius 1 is 1.08 bits per heavy atom. The molecule has 2 fully saturated rings. The molecule has 1 atom stereocenters. The summed E-state index contributed by atoms with van der Waals surface area (Å²) in [6, 6.07) is 8.70. The third-order valence-electron chi connectivity index (χ3n) is 5.73. The van der Waals surface area contributed by atoms with Gasteiger partial charge in [-0.05, 0) is 58.1 Å². The Kier molecular flexibility index (Phi) is 4.02. The van der Waals surface area contributed by atoms with E-state index >= 15 is 0 Å². The number of hydrogen-bond acceptors (Lipinski definition) is 4. The van der Waals surface area contributed by atoms with Crippen molar-refractivity contribution in [3.8, 4) is 11.3 Å². The molecule has 0 saturated carbocycles. The van der Waals surface area contributed by atoms with Crippen molar-refractivity contribution in [2.45, 2.75) is 57.8 Å². The fraction of sp³-hybridized carbons (Fsp3) is 0.526. The molecule has 0 bridgehead atoms. The highest BCUT2D eigenvalue weighted by Crippen LogP contribution is 2.36. The quantitative estimate of drug-likeness (QED) is 0.845. The van der Waals surface area contributed by atoms with Crippen molar-refractivity contribution in [2.75, 3.05) is 6.54 Å². The van der Waals surface area contributed by atoms with Crippen LogP contribution < -0.4 is 10.8 Å².